The van der Waals surface area contributed by atoms with Gasteiger partial charge in [-0.15, -0.1) is 0 Å². The van der Waals surface area contributed by atoms with Crippen LogP contribution in [-0.2, 0) is 27.8 Å². The Hall–Kier alpha value is 0.0934. The number of hydrogen-bond acceptors (Lipinski definition) is 2. The molecule has 0 rings (SSSR count). The summed E-state index contributed by atoms with van der Waals surface area (Å²) in [5, 5.41) is 1.28. The molecule has 0 aliphatic carbocycles. The second kappa shape index (κ2) is 7.20. The average Bonchev–Trinajstić information content (AvgIpc) is 1.89. The summed E-state index contributed by atoms with van der Waals surface area (Å²) >= 11 is 1.34. The molecule has 10 heavy (non-hydrogen) atoms. The van der Waals surface area contributed by atoms with E-state index in [-0.39, 0.29) is 5.97 Å². The van der Waals surface area contributed by atoms with E-state index in [0.29, 0.717) is 13.0 Å². The van der Waals surface area contributed by atoms with E-state index in [2.05, 4.69) is 0 Å². The van der Waals surface area contributed by atoms with Gasteiger partial charge < -0.3 is 0 Å². The first-order chi connectivity index (χ1) is 4.81. The van der Waals surface area contributed by atoms with Crippen molar-refractivity contribution in [3.63, 3.8) is 0 Å². The minimum atomic E-state index is -0.0454. The molecule has 3 heteroatoms. The molecule has 0 unspecified atom stereocenters. The van der Waals surface area contributed by atoms with Crippen molar-refractivity contribution in [3.8, 4) is 0 Å². The molecule has 0 radical (unpaired) electrons. The van der Waals surface area contributed by atoms with Gasteiger partial charge in [0.2, 0.25) is 0 Å². The van der Waals surface area contributed by atoms with Crippen molar-refractivity contribution in [1.82, 2.24) is 0 Å². The zero-order valence-corrected chi connectivity index (χ0v) is 9.53. The second-order valence-corrected chi connectivity index (χ2v) is 3.60. The fourth-order valence-corrected chi connectivity index (χ4v) is 1.42. The maximum absolute atomic E-state index is 10.7. The maximum atomic E-state index is 10.7. The van der Waals surface area contributed by atoms with Crippen LogP contribution in [0.3, 0.4) is 0 Å². The molecule has 0 aromatic carbocycles. The summed E-state index contributed by atoms with van der Waals surface area (Å²) in [6.07, 6.45) is 2.78. The predicted molar refractivity (Wildman–Crippen MR) is 35.3 cm³/mol. The van der Waals surface area contributed by atoms with Crippen molar-refractivity contribution in [2.24, 2.45) is 0 Å². The Labute approximate surface area is 72.0 Å². The Kier molecular flexibility index (Phi) is 7.27. The standard InChI is InChI=1S/C7H13O2.Zn/c1-3-5-6-7(8)9-4-2;/h1,3-6H2,2H3;. The molecule has 0 amide bonds. The van der Waals surface area contributed by atoms with Gasteiger partial charge in [-0.25, -0.2) is 0 Å². The van der Waals surface area contributed by atoms with Crippen LogP contribution in [-0.4, -0.2) is 12.6 Å². The van der Waals surface area contributed by atoms with Gasteiger partial charge in [0.1, 0.15) is 0 Å². The zero-order chi connectivity index (χ0) is 7.82. The first kappa shape index (κ1) is 10.1. The third kappa shape index (κ3) is 6.22. The molecule has 0 N–H and O–H groups in total. The first-order valence-corrected chi connectivity index (χ1v) is 5.86. The summed E-state index contributed by atoms with van der Waals surface area (Å²) in [6, 6.07) is 0. The van der Waals surface area contributed by atoms with Crippen LogP contribution in [0.2, 0.25) is 5.02 Å². The predicted octanol–water partition coefficient (Wildman–Crippen LogP) is 1.68. The van der Waals surface area contributed by atoms with Gasteiger partial charge in [0.25, 0.3) is 0 Å². The third-order valence-electron chi connectivity index (χ3n) is 1.19. The van der Waals surface area contributed by atoms with Crippen LogP contribution in [0.1, 0.15) is 26.2 Å². The molecule has 0 aliphatic heterocycles. The van der Waals surface area contributed by atoms with Gasteiger partial charge >= 0.3 is 71.6 Å². The minimum absolute atomic E-state index is 0.0454. The van der Waals surface area contributed by atoms with Crippen molar-refractivity contribution in [3.05, 3.63) is 0 Å². The fraction of sp³-hybridized carbons (Fsp3) is 0.857. The number of rotatable bonds is 5. The quantitative estimate of drug-likeness (QED) is 0.378. The summed E-state index contributed by atoms with van der Waals surface area (Å²) in [6.45, 7) is 2.35. The first-order valence-electron chi connectivity index (χ1n) is 3.76. The van der Waals surface area contributed by atoms with E-state index in [1.54, 1.807) is 0 Å². The zero-order valence-electron chi connectivity index (χ0n) is 6.56. The van der Waals surface area contributed by atoms with Crippen molar-refractivity contribution in [2.45, 2.75) is 31.2 Å². The van der Waals surface area contributed by atoms with Gasteiger partial charge in [-0.2, -0.15) is 0 Å². The molecule has 0 heterocycles. The molecule has 2 nitrogen and oxygen atoms in total. The van der Waals surface area contributed by atoms with E-state index in [1.165, 1.54) is 29.7 Å². The number of carbonyl (C=O) groups is 1. The van der Waals surface area contributed by atoms with Crippen molar-refractivity contribution in [2.75, 3.05) is 6.61 Å². The van der Waals surface area contributed by atoms with Gasteiger partial charge in [0, 0.05) is 0 Å². The molecule has 0 fully saturated rings. The summed E-state index contributed by atoms with van der Waals surface area (Å²) in [5.74, 6) is -0.0454. The fourth-order valence-electron chi connectivity index (χ4n) is 0.679. The van der Waals surface area contributed by atoms with E-state index >= 15 is 0 Å². The Balaban J connectivity index is 3.05. The molecule has 0 spiro atoms. The van der Waals surface area contributed by atoms with Crippen LogP contribution >= 0.6 is 0 Å². The monoisotopic (exact) mass is 193 g/mol. The van der Waals surface area contributed by atoms with E-state index in [4.69, 9.17) is 4.74 Å². The van der Waals surface area contributed by atoms with Crippen LogP contribution < -0.4 is 0 Å². The van der Waals surface area contributed by atoms with Gasteiger partial charge in [0.05, 0.1) is 0 Å². The average molecular weight is 195 g/mol. The molecule has 0 aromatic rings. The molecular formula is C7H13O2Zn. The molecule has 0 saturated carbocycles. The number of esters is 1. The normalized spacial score (nSPS) is 9.50. The van der Waals surface area contributed by atoms with Gasteiger partial charge in [-0.3, -0.25) is 0 Å². The SMILES string of the molecule is CCOC(=O)CCC[CH2][Zn]. The van der Waals surface area contributed by atoms with E-state index in [0.717, 1.165) is 6.42 Å². The molecular weight excluding hydrogens is 181 g/mol. The summed E-state index contributed by atoms with van der Waals surface area (Å²) in [7, 11) is 0. The Bertz CT molecular complexity index is 93.6. The van der Waals surface area contributed by atoms with Crippen LogP contribution in [0.15, 0.2) is 0 Å². The number of ether oxygens (including phenoxy) is 1. The second-order valence-electron chi connectivity index (χ2n) is 2.12. The number of hydrogen-bond donors (Lipinski definition) is 0. The molecule has 0 saturated heterocycles. The Morgan fingerprint density at radius 2 is 2.20 bits per heavy atom. The molecule has 0 aromatic heterocycles. The summed E-state index contributed by atoms with van der Waals surface area (Å²) < 4.78 is 4.76. The third-order valence-corrected chi connectivity index (χ3v) is 2.24. The Morgan fingerprint density at radius 3 is 2.70 bits per heavy atom. The topological polar surface area (TPSA) is 26.3 Å². The Morgan fingerprint density at radius 1 is 1.50 bits per heavy atom. The van der Waals surface area contributed by atoms with Crippen molar-refractivity contribution < 1.29 is 27.8 Å². The van der Waals surface area contributed by atoms with Gasteiger partial charge in [-0.05, 0) is 0 Å². The van der Waals surface area contributed by atoms with Crippen molar-refractivity contribution >= 4 is 5.97 Å². The summed E-state index contributed by atoms with van der Waals surface area (Å²) in [4.78, 5) is 10.7. The summed E-state index contributed by atoms with van der Waals surface area (Å²) in [5.41, 5.74) is 0. The van der Waals surface area contributed by atoms with E-state index in [9.17, 15) is 4.79 Å². The molecule has 0 atom stereocenters. The van der Waals surface area contributed by atoms with E-state index < -0.39 is 0 Å². The van der Waals surface area contributed by atoms with Crippen LogP contribution in [0, 0.1) is 0 Å². The van der Waals surface area contributed by atoms with E-state index in [1.807, 2.05) is 6.92 Å². The van der Waals surface area contributed by atoms with Crippen LogP contribution in [0.25, 0.3) is 0 Å². The molecule has 0 aliphatic rings. The van der Waals surface area contributed by atoms with Crippen LogP contribution in [0.4, 0.5) is 0 Å². The van der Waals surface area contributed by atoms with Gasteiger partial charge in [-0.1, -0.05) is 0 Å². The molecule has 0 bridgehead atoms. The van der Waals surface area contributed by atoms with Crippen LogP contribution in [0.5, 0.6) is 0 Å². The van der Waals surface area contributed by atoms with Crippen molar-refractivity contribution in [1.29, 1.82) is 0 Å². The molecule has 55 valence electrons. The number of unbranched alkanes of at least 4 members (excludes halogenated alkanes) is 1. The number of carbonyl (C=O) groups excluding carboxylic acids is 1. The van der Waals surface area contributed by atoms with Gasteiger partial charge in [0.15, 0.2) is 0 Å².